The molecule has 0 fully saturated rings. The zero-order valence-electron chi connectivity index (χ0n) is 10.4. The summed E-state index contributed by atoms with van der Waals surface area (Å²) in [7, 11) is 0. The molecule has 0 saturated carbocycles. The number of carbonyl (C=O) groups is 1. The number of benzene rings is 2. The van der Waals surface area contributed by atoms with E-state index < -0.39 is 11.8 Å². The summed E-state index contributed by atoms with van der Waals surface area (Å²) in [4.78, 5) is 11.2. The molecule has 1 N–H and O–H groups in total. The molecule has 0 aromatic heterocycles. The molecule has 0 bridgehead atoms. The average molecular weight is 256 g/mol. The Kier molecular flexibility index (Phi) is 3.76. The van der Waals surface area contributed by atoms with Crippen molar-refractivity contribution in [1.82, 2.24) is 0 Å². The average Bonchev–Trinajstić information content (AvgIpc) is 2.42. The molecule has 0 atom stereocenters. The second-order valence-corrected chi connectivity index (χ2v) is 4.15. The molecule has 2 aromatic rings. The Hall–Kier alpha value is -2.42. The fraction of sp³-hybridized carbons (Fsp3) is 0.0625. The number of hydrogen-bond donors (Lipinski definition) is 1. The second kappa shape index (κ2) is 5.48. The lowest BCUT2D eigenvalue weighted by atomic mass is 9.93. The lowest BCUT2D eigenvalue weighted by molar-refractivity contribution is -0.132. The number of hydrogen-bond acceptors (Lipinski definition) is 1. The van der Waals surface area contributed by atoms with Crippen LogP contribution in [0, 0.1) is 5.82 Å². The predicted molar refractivity (Wildman–Crippen MR) is 72.2 cm³/mol. The van der Waals surface area contributed by atoms with Crippen molar-refractivity contribution in [3.8, 4) is 0 Å². The van der Waals surface area contributed by atoms with E-state index in [4.69, 9.17) is 0 Å². The van der Waals surface area contributed by atoms with Crippen molar-refractivity contribution >= 4 is 11.5 Å². The van der Waals surface area contributed by atoms with E-state index in [0.29, 0.717) is 16.7 Å². The van der Waals surface area contributed by atoms with Crippen molar-refractivity contribution in [1.29, 1.82) is 0 Å². The number of rotatable bonds is 3. The zero-order chi connectivity index (χ0) is 13.8. The van der Waals surface area contributed by atoms with Gasteiger partial charge in [0.05, 0.1) is 0 Å². The van der Waals surface area contributed by atoms with Crippen molar-refractivity contribution in [3.05, 3.63) is 77.1 Å². The van der Waals surface area contributed by atoms with Crippen LogP contribution in [0.25, 0.3) is 5.57 Å². The van der Waals surface area contributed by atoms with E-state index in [9.17, 15) is 14.3 Å². The van der Waals surface area contributed by atoms with Crippen molar-refractivity contribution in [2.75, 3.05) is 0 Å². The fourth-order valence-electron chi connectivity index (χ4n) is 1.95. The molecule has 0 heterocycles. The summed E-state index contributed by atoms with van der Waals surface area (Å²) < 4.78 is 13.9. The molecule has 0 saturated heterocycles. The molecule has 19 heavy (non-hydrogen) atoms. The fourth-order valence-corrected chi connectivity index (χ4v) is 1.95. The lowest BCUT2D eigenvalue weighted by Gasteiger charge is -2.11. The normalized spacial score (nSPS) is 11.9. The molecule has 2 nitrogen and oxygen atoms in total. The van der Waals surface area contributed by atoms with Gasteiger partial charge in [-0.3, -0.25) is 0 Å². The quantitative estimate of drug-likeness (QED) is 0.849. The van der Waals surface area contributed by atoms with Gasteiger partial charge in [0.2, 0.25) is 0 Å². The van der Waals surface area contributed by atoms with Crippen LogP contribution in [0.15, 0.2) is 60.2 Å². The molecule has 0 aliphatic carbocycles. The van der Waals surface area contributed by atoms with E-state index in [1.807, 2.05) is 6.07 Å². The molecule has 2 rings (SSSR count). The molecule has 2 aromatic carbocycles. The molecule has 0 spiro atoms. The maximum atomic E-state index is 13.9. The van der Waals surface area contributed by atoms with Gasteiger partial charge in [-0.05, 0) is 18.6 Å². The Morgan fingerprint density at radius 2 is 1.58 bits per heavy atom. The number of carboxylic acids is 1. The van der Waals surface area contributed by atoms with E-state index in [0.717, 1.165) is 0 Å². The molecule has 0 aliphatic heterocycles. The van der Waals surface area contributed by atoms with Gasteiger partial charge in [0, 0.05) is 16.7 Å². The first kappa shape index (κ1) is 13.0. The molecule has 0 aliphatic rings. The Bertz CT molecular complexity index is 630. The van der Waals surface area contributed by atoms with Crippen molar-refractivity contribution in [3.63, 3.8) is 0 Å². The Morgan fingerprint density at radius 3 is 2.16 bits per heavy atom. The van der Waals surface area contributed by atoms with Gasteiger partial charge >= 0.3 is 5.97 Å². The summed E-state index contributed by atoms with van der Waals surface area (Å²) in [5.41, 5.74) is 1.52. The van der Waals surface area contributed by atoms with Crippen LogP contribution in [-0.4, -0.2) is 11.1 Å². The van der Waals surface area contributed by atoms with Crippen LogP contribution in [0.2, 0.25) is 0 Å². The molecule has 0 unspecified atom stereocenters. The van der Waals surface area contributed by atoms with Gasteiger partial charge in [-0.2, -0.15) is 0 Å². The first-order valence-electron chi connectivity index (χ1n) is 5.85. The molecule has 96 valence electrons. The van der Waals surface area contributed by atoms with E-state index in [-0.39, 0.29) is 5.57 Å². The highest BCUT2D eigenvalue weighted by molar-refractivity contribution is 6.00. The van der Waals surface area contributed by atoms with E-state index in [1.54, 1.807) is 42.5 Å². The van der Waals surface area contributed by atoms with Crippen molar-refractivity contribution in [2.45, 2.75) is 6.92 Å². The highest BCUT2D eigenvalue weighted by Crippen LogP contribution is 2.28. The first-order chi connectivity index (χ1) is 9.11. The van der Waals surface area contributed by atoms with Crippen LogP contribution >= 0.6 is 0 Å². The van der Waals surface area contributed by atoms with Crippen LogP contribution in [0.3, 0.4) is 0 Å². The minimum absolute atomic E-state index is 0.122. The van der Waals surface area contributed by atoms with Crippen LogP contribution in [0.1, 0.15) is 18.1 Å². The monoisotopic (exact) mass is 256 g/mol. The second-order valence-electron chi connectivity index (χ2n) is 4.15. The van der Waals surface area contributed by atoms with Crippen molar-refractivity contribution < 1.29 is 14.3 Å². The molecular weight excluding hydrogens is 243 g/mol. The third kappa shape index (κ3) is 2.71. The summed E-state index contributed by atoms with van der Waals surface area (Å²) in [6, 6.07) is 15.2. The van der Waals surface area contributed by atoms with Gasteiger partial charge in [-0.1, -0.05) is 48.5 Å². The topological polar surface area (TPSA) is 37.3 Å². The maximum Gasteiger partial charge on any atom is 0.331 e. The summed E-state index contributed by atoms with van der Waals surface area (Å²) in [6.45, 7) is 1.48. The van der Waals surface area contributed by atoms with Gasteiger partial charge < -0.3 is 5.11 Å². The zero-order valence-corrected chi connectivity index (χ0v) is 10.4. The van der Waals surface area contributed by atoms with Gasteiger partial charge in [0.25, 0.3) is 0 Å². The van der Waals surface area contributed by atoms with Crippen LogP contribution in [-0.2, 0) is 4.79 Å². The third-order valence-electron chi connectivity index (χ3n) is 2.90. The van der Waals surface area contributed by atoms with E-state index in [1.165, 1.54) is 13.0 Å². The van der Waals surface area contributed by atoms with E-state index >= 15 is 0 Å². The summed E-state index contributed by atoms with van der Waals surface area (Å²) >= 11 is 0. The van der Waals surface area contributed by atoms with Gasteiger partial charge in [0.15, 0.2) is 0 Å². The summed E-state index contributed by atoms with van der Waals surface area (Å²) in [6.07, 6.45) is 0. The Morgan fingerprint density at radius 1 is 1.00 bits per heavy atom. The molecule has 3 heteroatoms. The standard InChI is InChI=1S/C16H13FO2/c1-11(16(18)19)15(12-7-3-2-4-8-12)13-9-5-6-10-14(13)17/h2-10H,1H3,(H,18,19). The summed E-state index contributed by atoms with van der Waals surface area (Å²) in [5.74, 6) is -1.48. The Balaban J connectivity index is 2.71. The number of carboxylic acid groups (broad SMARTS) is 1. The predicted octanol–water partition coefficient (Wildman–Crippen LogP) is 3.73. The van der Waals surface area contributed by atoms with Crippen LogP contribution in [0.5, 0.6) is 0 Å². The van der Waals surface area contributed by atoms with E-state index in [2.05, 4.69) is 0 Å². The summed E-state index contributed by atoms with van der Waals surface area (Å²) in [5, 5.41) is 9.19. The van der Waals surface area contributed by atoms with Crippen LogP contribution < -0.4 is 0 Å². The smallest absolute Gasteiger partial charge is 0.331 e. The largest absolute Gasteiger partial charge is 0.478 e. The molecule has 0 radical (unpaired) electrons. The first-order valence-corrected chi connectivity index (χ1v) is 5.85. The minimum Gasteiger partial charge on any atom is -0.478 e. The highest BCUT2D eigenvalue weighted by Gasteiger charge is 2.16. The number of halogens is 1. The van der Waals surface area contributed by atoms with Gasteiger partial charge in [-0.25, -0.2) is 9.18 Å². The number of aliphatic carboxylic acids is 1. The third-order valence-corrected chi connectivity index (χ3v) is 2.90. The van der Waals surface area contributed by atoms with Gasteiger partial charge in [-0.15, -0.1) is 0 Å². The Labute approximate surface area is 110 Å². The van der Waals surface area contributed by atoms with Gasteiger partial charge in [0.1, 0.15) is 5.82 Å². The SMILES string of the molecule is CC(C(=O)O)=C(c1ccccc1)c1ccccc1F. The minimum atomic E-state index is -1.05. The maximum absolute atomic E-state index is 13.9. The lowest BCUT2D eigenvalue weighted by Crippen LogP contribution is -2.03. The van der Waals surface area contributed by atoms with Crippen LogP contribution in [0.4, 0.5) is 4.39 Å². The molecular formula is C16H13FO2. The highest BCUT2D eigenvalue weighted by atomic mass is 19.1. The molecule has 0 amide bonds. The van der Waals surface area contributed by atoms with Crippen molar-refractivity contribution in [2.24, 2.45) is 0 Å².